The molecule has 0 atom stereocenters. The molecule has 1 aliphatic rings. The lowest BCUT2D eigenvalue weighted by Crippen LogP contribution is -2.28. The molecule has 0 radical (unpaired) electrons. The van der Waals surface area contributed by atoms with Gasteiger partial charge in [-0.1, -0.05) is 6.07 Å². The Labute approximate surface area is 101 Å². The second-order valence-electron chi connectivity index (χ2n) is 4.59. The molecule has 3 rings (SSSR count). The first-order valence-corrected chi connectivity index (χ1v) is 6.26. The summed E-state index contributed by atoms with van der Waals surface area (Å²) in [6, 6.07) is 6.40. The van der Waals surface area contributed by atoms with E-state index in [9.17, 15) is 0 Å². The molecule has 3 heterocycles. The summed E-state index contributed by atoms with van der Waals surface area (Å²) in [7, 11) is 0. The van der Waals surface area contributed by atoms with Gasteiger partial charge in [-0.15, -0.1) is 0 Å². The van der Waals surface area contributed by atoms with Crippen molar-refractivity contribution in [3.63, 3.8) is 0 Å². The number of hydrogen-bond acceptors (Lipinski definition) is 3. The van der Waals surface area contributed by atoms with Gasteiger partial charge in [0.25, 0.3) is 0 Å². The van der Waals surface area contributed by atoms with Crippen LogP contribution >= 0.6 is 0 Å². The smallest absolute Gasteiger partial charge is 0.0994 e. The van der Waals surface area contributed by atoms with Crippen molar-refractivity contribution >= 4 is 5.52 Å². The monoisotopic (exact) mass is 230 g/mol. The highest BCUT2D eigenvalue weighted by Crippen LogP contribution is 2.10. The highest BCUT2D eigenvalue weighted by molar-refractivity contribution is 5.45. The number of fused-ring (bicyclic) bond motifs is 1. The summed E-state index contributed by atoms with van der Waals surface area (Å²) in [5.41, 5.74) is 2.50. The van der Waals surface area contributed by atoms with Crippen LogP contribution in [0.2, 0.25) is 0 Å². The maximum absolute atomic E-state index is 4.21. The van der Waals surface area contributed by atoms with Crippen LogP contribution in [0.4, 0.5) is 0 Å². The van der Waals surface area contributed by atoms with Crippen molar-refractivity contribution in [2.24, 2.45) is 0 Å². The molecular formula is C13H18N4. The lowest BCUT2D eigenvalue weighted by atomic mass is 10.3. The fourth-order valence-electron chi connectivity index (χ4n) is 2.42. The van der Waals surface area contributed by atoms with Crippen LogP contribution in [0.5, 0.6) is 0 Å². The Morgan fingerprint density at radius 1 is 1.24 bits per heavy atom. The molecule has 0 aliphatic carbocycles. The third kappa shape index (κ3) is 2.33. The third-order valence-electron chi connectivity index (χ3n) is 3.35. The lowest BCUT2D eigenvalue weighted by Gasteiger charge is -2.20. The number of imidazole rings is 1. The molecule has 0 unspecified atom stereocenters. The van der Waals surface area contributed by atoms with Crippen molar-refractivity contribution < 1.29 is 0 Å². The first-order chi connectivity index (χ1) is 8.43. The summed E-state index contributed by atoms with van der Waals surface area (Å²) in [4.78, 5) is 6.71. The minimum absolute atomic E-state index is 1.01. The summed E-state index contributed by atoms with van der Waals surface area (Å²) in [5, 5.41) is 3.43. The Bertz CT molecular complexity index is 483. The molecule has 0 aromatic carbocycles. The highest BCUT2D eigenvalue weighted by atomic mass is 15.2. The number of rotatable bonds is 2. The average molecular weight is 230 g/mol. The predicted molar refractivity (Wildman–Crippen MR) is 68.0 cm³/mol. The van der Waals surface area contributed by atoms with Gasteiger partial charge in [0, 0.05) is 25.3 Å². The molecule has 1 N–H and O–H groups in total. The van der Waals surface area contributed by atoms with E-state index in [2.05, 4.69) is 37.8 Å². The molecule has 1 saturated heterocycles. The molecule has 17 heavy (non-hydrogen) atoms. The molecule has 90 valence electrons. The van der Waals surface area contributed by atoms with Crippen LogP contribution in [0.15, 0.2) is 30.7 Å². The van der Waals surface area contributed by atoms with Crippen LogP contribution in [0.1, 0.15) is 12.1 Å². The standard InChI is InChI=1S/C13H18N4/c1-3-12-9-15-11-17(12)13(4-1)10-16-7-2-5-14-6-8-16/h1,3-4,9,11,14H,2,5-8,10H2. The summed E-state index contributed by atoms with van der Waals surface area (Å²) in [6.07, 6.45) is 5.05. The Kier molecular flexibility index (Phi) is 3.07. The van der Waals surface area contributed by atoms with Crippen LogP contribution in [0.25, 0.3) is 5.52 Å². The van der Waals surface area contributed by atoms with E-state index in [1.54, 1.807) is 0 Å². The van der Waals surface area contributed by atoms with E-state index in [0.29, 0.717) is 0 Å². The van der Waals surface area contributed by atoms with Gasteiger partial charge in [-0.3, -0.25) is 4.90 Å². The van der Waals surface area contributed by atoms with Crippen LogP contribution < -0.4 is 5.32 Å². The maximum Gasteiger partial charge on any atom is 0.0994 e. The normalized spacial score (nSPS) is 18.4. The molecule has 2 aromatic rings. The molecule has 0 spiro atoms. The maximum atomic E-state index is 4.21. The van der Waals surface area contributed by atoms with Crippen molar-refractivity contribution in [2.45, 2.75) is 13.0 Å². The van der Waals surface area contributed by atoms with Gasteiger partial charge < -0.3 is 9.72 Å². The zero-order chi connectivity index (χ0) is 11.5. The minimum atomic E-state index is 1.01. The molecule has 1 fully saturated rings. The van der Waals surface area contributed by atoms with Gasteiger partial charge in [-0.25, -0.2) is 4.98 Å². The first-order valence-electron chi connectivity index (χ1n) is 6.26. The molecule has 2 aromatic heterocycles. The first kappa shape index (κ1) is 10.7. The van der Waals surface area contributed by atoms with E-state index >= 15 is 0 Å². The van der Waals surface area contributed by atoms with Crippen LogP contribution in [0.3, 0.4) is 0 Å². The number of pyridine rings is 1. The molecule has 4 nitrogen and oxygen atoms in total. The SMILES string of the molecule is c1cc(CN2CCCNCC2)n2cncc2c1. The number of hydrogen-bond donors (Lipinski definition) is 1. The van der Waals surface area contributed by atoms with Gasteiger partial charge in [0.05, 0.1) is 18.0 Å². The van der Waals surface area contributed by atoms with Crippen LogP contribution in [-0.4, -0.2) is 40.5 Å². The van der Waals surface area contributed by atoms with E-state index in [0.717, 1.165) is 26.2 Å². The van der Waals surface area contributed by atoms with Crippen LogP contribution in [-0.2, 0) is 6.54 Å². The molecular weight excluding hydrogens is 212 g/mol. The molecule has 1 aliphatic heterocycles. The van der Waals surface area contributed by atoms with E-state index in [-0.39, 0.29) is 0 Å². The second kappa shape index (κ2) is 4.85. The third-order valence-corrected chi connectivity index (χ3v) is 3.35. The van der Waals surface area contributed by atoms with Crippen LogP contribution in [0, 0.1) is 0 Å². The fourth-order valence-corrected chi connectivity index (χ4v) is 2.42. The van der Waals surface area contributed by atoms with Crippen molar-refractivity contribution in [2.75, 3.05) is 26.2 Å². The van der Waals surface area contributed by atoms with Gasteiger partial charge in [0.15, 0.2) is 0 Å². The highest BCUT2D eigenvalue weighted by Gasteiger charge is 2.10. The fraction of sp³-hybridized carbons (Fsp3) is 0.462. The number of aromatic nitrogens is 2. The van der Waals surface area contributed by atoms with E-state index in [1.165, 1.54) is 24.2 Å². The summed E-state index contributed by atoms with van der Waals surface area (Å²) in [6.45, 7) is 5.56. The zero-order valence-electron chi connectivity index (χ0n) is 9.97. The zero-order valence-corrected chi connectivity index (χ0v) is 9.97. The summed E-state index contributed by atoms with van der Waals surface area (Å²) >= 11 is 0. The van der Waals surface area contributed by atoms with Crippen molar-refractivity contribution in [1.29, 1.82) is 0 Å². The van der Waals surface area contributed by atoms with E-state index in [4.69, 9.17) is 0 Å². The number of nitrogens with one attached hydrogen (secondary N) is 1. The van der Waals surface area contributed by atoms with E-state index in [1.807, 2.05) is 12.5 Å². The van der Waals surface area contributed by atoms with E-state index < -0.39 is 0 Å². The molecule has 0 amide bonds. The van der Waals surface area contributed by atoms with Crippen molar-refractivity contribution in [1.82, 2.24) is 19.6 Å². The summed E-state index contributed by atoms with van der Waals surface area (Å²) in [5.74, 6) is 0. The number of nitrogens with zero attached hydrogens (tertiary/aromatic N) is 3. The van der Waals surface area contributed by atoms with Gasteiger partial charge in [0.1, 0.15) is 0 Å². The Balaban J connectivity index is 1.81. The largest absolute Gasteiger partial charge is 0.315 e. The summed E-state index contributed by atoms with van der Waals surface area (Å²) < 4.78 is 2.18. The van der Waals surface area contributed by atoms with Gasteiger partial charge in [0.2, 0.25) is 0 Å². The quantitative estimate of drug-likeness (QED) is 0.839. The molecule has 0 saturated carbocycles. The molecule has 0 bridgehead atoms. The topological polar surface area (TPSA) is 32.6 Å². The molecule has 4 heteroatoms. The van der Waals surface area contributed by atoms with Gasteiger partial charge >= 0.3 is 0 Å². The second-order valence-corrected chi connectivity index (χ2v) is 4.59. The van der Waals surface area contributed by atoms with Crippen molar-refractivity contribution in [3.8, 4) is 0 Å². The lowest BCUT2D eigenvalue weighted by molar-refractivity contribution is 0.280. The Morgan fingerprint density at radius 3 is 3.24 bits per heavy atom. The van der Waals surface area contributed by atoms with Gasteiger partial charge in [-0.05, 0) is 31.6 Å². The Hall–Kier alpha value is -1.39. The predicted octanol–water partition coefficient (Wildman–Crippen LogP) is 1.13. The minimum Gasteiger partial charge on any atom is -0.315 e. The Morgan fingerprint density at radius 2 is 2.24 bits per heavy atom. The van der Waals surface area contributed by atoms with Crippen molar-refractivity contribution in [3.05, 3.63) is 36.4 Å². The van der Waals surface area contributed by atoms with Gasteiger partial charge in [-0.2, -0.15) is 0 Å². The average Bonchev–Trinajstić information content (AvgIpc) is 2.69.